The Morgan fingerprint density at radius 1 is 1.32 bits per heavy atom. The Kier molecular flexibility index (Phi) is 4.03. The highest BCUT2D eigenvalue weighted by atomic mass is 15.3. The average Bonchev–Trinajstić information content (AvgIpc) is 2.65. The van der Waals surface area contributed by atoms with E-state index in [0.717, 1.165) is 24.3 Å². The van der Waals surface area contributed by atoms with E-state index in [9.17, 15) is 0 Å². The van der Waals surface area contributed by atoms with Gasteiger partial charge in [0.25, 0.3) is 0 Å². The molecular weight excluding hydrogens is 234 g/mol. The second-order valence-electron chi connectivity index (χ2n) is 4.72. The molecule has 0 fully saturated rings. The summed E-state index contributed by atoms with van der Waals surface area (Å²) in [5, 5.41) is 7.86. The first kappa shape index (κ1) is 13.4. The lowest BCUT2D eigenvalue weighted by molar-refractivity contribution is 0.684. The van der Waals surface area contributed by atoms with Crippen LogP contribution in [-0.4, -0.2) is 9.78 Å². The summed E-state index contributed by atoms with van der Waals surface area (Å²) in [6.07, 6.45) is 5.40. The third-order valence-corrected chi connectivity index (χ3v) is 3.38. The van der Waals surface area contributed by atoms with E-state index in [-0.39, 0.29) is 0 Å². The van der Waals surface area contributed by atoms with Crippen molar-refractivity contribution in [2.24, 2.45) is 7.05 Å². The minimum Gasteiger partial charge on any atom is -0.308 e. The number of benzene rings is 1. The van der Waals surface area contributed by atoms with Crippen LogP contribution in [0.15, 0.2) is 24.3 Å². The third kappa shape index (κ3) is 3.04. The number of aromatic nitrogens is 2. The SMILES string of the molecule is C#Cc1cccc(CNCc2c(C)nn(C)c2C)c1. The van der Waals surface area contributed by atoms with Crippen molar-refractivity contribution in [1.29, 1.82) is 0 Å². The van der Waals surface area contributed by atoms with Crippen molar-refractivity contribution in [1.82, 2.24) is 15.1 Å². The van der Waals surface area contributed by atoms with Gasteiger partial charge in [0.1, 0.15) is 0 Å². The zero-order valence-corrected chi connectivity index (χ0v) is 11.7. The Morgan fingerprint density at radius 3 is 2.74 bits per heavy atom. The molecule has 3 nitrogen and oxygen atoms in total. The second-order valence-corrected chi connectivity index (χ2v) is 4.72. The number of aryl methyl sites for hydroxylation is 2. The molecule has 0 aliphatic rings. The summed E-state index contributed by atoms with van der Waals surface area (Å²) in [7, 11) is 1.97. The number of hydrogen-bond acceptors (Lipinski definition) is 2. The lowest BCUT2D eigenvalue weighted by atomic mass is 10.1. The molecule has 1 N–H and O–H groups in total. The van der Waals surface area contributed by atoms with E-state index in [0.29, 0.717) is 0 Å². The molecule has 3 heteroatoms. The highest BCUT2D eigenvalue weighted by Gasteiger charge is 2.08. The maximum atomic E-state index is 5.40. The summed E-state index contributed by atoms with van der Waals surface area (Å²) < 4.78 is 1.92. The molecule has 0 aliphatic heterocycles. The van der Waals surface area contributed by atoms with Gasteiger partial charge in [0.2, 0.25) is 0 Å². The van der Waals surface area contributed by atoms with Gasteiger partial charge in [-0.25, -0.2) is 0 Å². The van der Waals surface area contributed by atoms with Crippen LogP contribution in [0.5, 0.6) is 0 Å². The Morgan fingerprint density at radius 2 is 2.11 bits per heavy atom. The molecule has 0 atom stereocenters. The molecule has 0 saturated heterocycles. The summed E-state index contributed by atoms with van der Waals surface area (Å²) >= 11 is 0. The van der Waals surface area contributed by atoms with Gasteiger partial charge in [-0.15, -0.1) is 6.42 Å². The van der Waals surface area contributed by atoms with Crippen molar-refractivity contribution >= 4 is 0 Å². The lowest BCUT2D eigenvalue weighted by Gasteiger charge is -2.06. The molecule has 0 radical (unpaired) electrons. The van der Waals surface area contributed by atoms with Crippen molar-refractivity contribution in [2.45, 2.75) is 26.9 Å². The smallest absolute Gasteiger partial charge is 0.0641 e. The molecule has 0 saturated carbocycles. The first-order valence-corrected chi connectivity index (χ1v) is 6.37. The number of nitrogens with one attached hydrogen (secondary N) is 1. The molecular formula is C16H19N3. The Balaban J connectivity index is 1.98. The minimum atomic E-state index is 0.809. The quantitative estimate of drug-likeness (QED) is 0.847. The molecule has 0 unspecified atom stereocenters. The van der Waals surface area contributed by atoms with Crippen molar-refractivity contribution in [3.63, 3.8) is 0 Å². The first-order chi connectivity index (χ1) is 9.11. The van der Waals surface area contributed by atoms with Gasteiger partial charge in [0.05, 0.1) is 5.69 Å². The van der Waals surface area contributed by atoms with E-state index >= 15 is 0 Å². The molecule has 1 aromatic carbocycles. The van der Waals surface area contributed by atoms with Crippen molar-refractivity contribution in [3.8, 4) is 12.3 Å². The van der Waals surface area contributed by atoms with Crippen LogP contribution < -0.4 is 5.32 Å². The normalized spacial score (nSPS) is 10.4. The predicted molar refractivity (Wildman–Crippen MR) is 77.6 cm³/mol. The summed E-state index contributed by atoms with van der Waals surface area (Å²) in [6.45, 7) is 5.77. The number of rotatable bonds is 4. The molecule has 0 bridgehead atoms. The number of hydrogen-bond donors (Lipinski definition) is 1. The molecule has 1 heterocycles. The molecule has 0 spiro atoms. The van der Waals surface area contributed by atoms with Crippen LogP contribution in [0, 0.1) is 26.2 Å². The van der Waals surface area contributed by atoms with Gasteiger partial charge in [-0.05, 0) is 31.5 Å². The van der Waals surface area contributed by atoms with Crippen LogP contribution >= 0.6 is 0 Å². The largest absolute Gasteiger partial charge is 0.308 e. The molecule has 19 heavy (non-hydrogen) atoms. The van der Waals surface area contributed by atoms with Gasteiger partial charge < -0.3 is 5.32 Å². The van der Waals surface area contributed by atoms with Crippen LogP contribution in [0.25, 0.3) is 0 Å². The maximum Gasteiger partial charge on any atom is 0.0641 e. The fraction of sp³-hybridized carbons (Fsp3) is 0.312. The van der Waals surface area contributed by atoms with Crippen molar-refractivity contribution in [2.75, 3.05) is 0 Å². The van der Waals surface area contributed by atoms with E-state index in [4.69, 9.17) is 6.42 Å². The summed E-state index contributed by atoms with van der Waals surface area (Å²) in [4.78, 5) is 0. The standard InChI is InChI=1S/C16H19N3/c1-5-14-7-6-8-15(9-14)10-17-11-16-12(2)18-19(4)13(16)3/h1,6-9,17H,10-11H2,2-4H3. The third-order valence-electron chi connectivity index (χ3n) is 3.38. The van der Waals surface area contributed by atoms with Crippen molar-refractivity contribution < 1.29 is 0 Å². The molecule has 0 amide bonds. The zero-order chi connectivity index (χ0) is 13.8. The van der Waals surface area contributed by atoms with Crippen LogP contribution in [0.3, 0.4) is 0 Å². The van der Waals surface area contributed by atoms with E-state index in [1.54, 1.807) is 0 Å². The molecule has 98 valence electrons. The molecule has 2 aromatic rings. The van der Waals surface area contributed by atoms with Gasteiger partial charge in [-0.2, -0.15) is 5.10 Å². The topological polar surface area (TPSA) is 29.9 Å². The number of terminal acetylenes is 1. The highest BCUT2D eigenvalue weighted by molar-refractivity contribution is 5.35. The molecule has 1 aromatic heterocycles. The van der Waals surface area contributed by atoms with Crippen LogP contribution in [0.2, 0.25) is 0 Å². The lowest BCUT2D eigenvalue weighted by Crippen LogP contribution is -2.14. The fourth-order valence-corrected chi connectivity index (χ4v) is 2.18. The average molecular weight is 253 g/mol. The molecule has 2 rings (SSSR count). The fourth-order valence-electron chi connectivity index (χ4n) is 2.18. The van der Waals surface area contributed by atoms with Crippen LogP contribution in [0.4, 0.5) is 0 Å². The van der Waals surface area contributed by atoms with Crippen LogP contribution in [-0.2, 0) is 20.1 Å². The Labute approximate surface area is 114 Å². The highest BCUT2D eigenvalue weighted by Crippen LogP contribution is 2.11. The number of nitrogens with zero attached hydrogens (tertiary/aromatic N) is 2. The molecule has 0 aliphatic carbocycles. The van der Waals surface area contributed by atoms with Gasteiger partial charge in [-0.3, -0.25) is 4.68 Å². The summed E-state index contributed by atoms with van der Waals surface area (Å²) in [6, 6.07) is 8.05. The van der Waals surface area contributed by atoms with E-state index in [1.165, 1.54) is 16.8 Å². The van der Waals surface area contributed by atoms with Gasteiger partial charge >= 0.3 is 0 Å². The van der Waals surface area contributed by atoms with Crippen molar-refractivity contribution in [3.05, 3.63) is 52.3 Å². The van der Waals surface area contributed by atoms with Gasteiger partial charge in [0.15, 0.2) is 0 Å². The summed E-state index contributed by atoms with van der Waals surface area (Å²) in [5.74, 6) is 2.66. The maximum absolute atomic E-state index is 5.40. The van der Waals surface area contributed by atoms with Gasteiger partial charge in [0, 0.05) is 37.0 Å². The van der Waals surface area contributed by atoms with Gasteiger partial charge in [-0.1, -0.05) is 18.1 Å². The Hall–Kier alpha value is -2.05. The zero-order valence-electron chi connectivity index (χ0n) is 11.7. The van der Waals surface area contributed by atoms with E-state index in [1.807, 2.05) is 36.9 Å². The summed E-state index contributed by atoms with van der Waals surface area (Å²) in [5.41, 5.74) is 5.70. The van der Waals surface area contributed by atoms with E-state index < -0.39 is 0 Å². The monoisotopic (exact) mass is 253 g/mol. The minimum absolute atomic E-state index is 0.809. The second kappa shape index (κ2) is 5.73. The predicted octanol–water partition coefficient (Wildman–Crippen LogP) is 2.31. The first-order valence-electron chi connectivity index (χ1n) is 6.37. The van der Waals surface area contributed by atoms with E-state index in [2.05, 4.69) is 29.3 Å². The Bertz CT molecular complexity index is 617. The van der Waals surface area contributed by atoms with Crippen LogP contribution in [0.1, 0.15) is 28.1 Å².